The number of aromatic amines is 1. The van der Waals surface area contributed by atoms with Gasteiger partial charge < -0.3 is 5.73 Å². The average molecular weight is 259 g/mol. The van der Waals surface area contributed by atoms with Crippen LogP contribution in [0.5, 0.6) is 0 Å². The van der Waals surface area contributed by atoms with Gasteiger partial charge in [0.2, 0.25) is 0 Å². The van der Waals surface area contributed by atoms with E-state index in [1.165, 1.54) is 6.07 Å². The van der Waals surface area contributed by atoms with Crippen molar-refractivity contribution >= 4 is 17.2 Å². The van der Waals surface area contributed by atoms with Crippen LogP contribution >= 0.6 is 11.3 Å². The molecule has 0 aliphatic heterocycles. The molecule has 90 valence electrons. The van der Waals surface area contributed by atoms with Gasteiger partial charge in [-0.2, -0.15) is 16.4 Å². The van der Waals surface area contributed by atoms with E-state index in [1.807, 2.05) is 16.8 Å². The summed E-state index contributed by atoms with van der Waals surface area (Å²) in [4.78, 5) is 0. The van der Waals surface area contributed by atoms with Gasteiger partial charge in [0.05, 0.1) is 11.3 Å². The summed E-state index contributed by atoms with van der Waals surface area (Å²) < 4.78 is 13.9. The van der Waals surface area contributed by atoms with Crippen molar-refractivity contribution in [3.05, 3.63) is 46.9 Å². The van der Waals surface area contributed by atoms with Gasteiger partial charge in [0.1, 0.15) is 5.82 Å². The van der Waals surface area contributed by atoms with E-state index in [-0.39, 0.29) is 5.82 Å². The lowest BCUT2D eigenvalue weighted by Crippen LogP contribution is -1.91. The third-order valence-electron chi connectivity index (χ3n) is 2.75. The first-order chi connectivity index (χ1) is 8.77. The van der Waals surface area contributed by atoms with Gasteiger partial charge in [-0.1, -0.05) is 18.2 Å². The summed E-state index contributed by atoms with van der Waals surface area (Å²) in [6.07, 6.45) is 0. The number of nitrogen functional groups attached to an aromatic ring is 1. The van der Waals surface area contributed by atoms with Crippen LogP contribution in [0.3, 0.4) is 0 Å². The molecule has 3 N–H and O–H groups in total. The second-order valence-corrected chi connectivity index (χ2v) is 4.63. The number of hydrogen-bond donors (Lipinski definition) is 2. The van der Waals surface area contributed by atoms with E-state index in [0.717, 1.165) is 11.3 Å². The number of nitrogens with zero attached hydrogens (tertiary/aromatic N) is 1. The number of anilines is 1. The molecule has 3 rings (SSSR count). The molecule has 0 saturated carbocycles. The lowest BCUT2D eigenvalue weighted by Gasteiger charge is -2.04. The molecule has 1 aromatic carbocycles. The van der Waals surface area contributed by atoms with Crippen molar-refractivity contribution in [2.45, 2.75) is 0 Å². The molecular formula is C13H10FN3S. The van der Waals surface area contributed by atoms with Gasteiger partial charge in [0.15, 0.2) is 5.82 Å². The average Bonchev–Trinajstić information content (AvgIpc) is 2.99. The molecule has 0 atom stereocenters. The number of aromatic nitrogens is 2. The van der Waals surface area contributed by atoms with E-state index >= 15 is 0 Å². The molecule has 0 aliphatic carbocycles. The maximum atomic E-state index is 13.9. The fourth-order valence-electron chi connectivity index (χ4n) is 1.91. The highest BCUT2D eigenvalue weighted by Gasteiger charge is 2.17. The summed E-state index contributed by atoms with van der Waals surface area (Å²) in [5.74, 6) is 0.00313. The Labute approximate surface area is 107 Å². The molecule has 0 spiro atoms. The molecule has 3 aromatic rings. The molecule has 3 nitrogen and oxygen atoms in total. The fourth-order valence-corrected chi connectivity index (χ4v) is 2.55. The Morgan fingerprint density at radius 3 is 2.78 bits per heavy atom. The Morgan fingerprint density at radius 1 is 1.22 bits per heavy atom. The molecule has 0 radical (unpaired) electrons. The summed E-state index contributed by atoms with van der Waals surface area (Å²) in [6.45, 7) is 0. The quantitative estimate of drug-likeness (QED) is 0.739. The van der Waals surface area contributed by atoms with Crippen molar-refractivity contribution in [2.24, 2.45) is 0 Å². The Morgan fingerprint density at radius 2 is 2.06 bits per heavy atom. The minimum absolute atomic E-state index is 0.304. The van der Waals surface area contributed by atoms with Crippen LogP contribution < -0.4 is 5.73 Å². The van der Waals surface area contributed by atoms with Gasteiger partial charge in [-0.3, -0.25) is 5.10 Å². The first kappa shape index (κ1) is 11.0. The van der Waals surface area contributed by atoms with Crippen LogP contribution in [-0.2, 0) is 0 Å². The third kappa shape index (κ3) is 1.69. The monoisotopic (exact) mass is 259 g/mol. The Balaban J connectivity index is 2.24. The molecule has 0 bridgehead atoms. The first-order valence-corrected chi connectivity index (χ1v) is 6.33. The van der Waals surface area contributed by atoms with Crippen LogP contribution in [0.1, 0.15) is 0 Å². The van der Waals surface area contributed by atoms with E-state index in [9.17, 15) is 4.39 Å². The lowest BCUT2D eigenvalue weighted by atomic mass is 10.0. The minimum atomic E-state index is -0.304. The van der Waals surface area contributed by atoms with Gasteiger partial charge in [-0.25, -0.2) is 4.39 Å². The fraction of sp³-hybridized carbons (Fsp3) is 0. The molecular weight excluding hydrogens is 249 g/mol. The molecule has 0 unspecified atom stereocenters. The smallest absolute Gasteiger partial charge is 0.153 e. The number of thiophene rings is 1. The number of H-pyrrole nitrogens is 1. The summed E-state index contributed by atoms with van der Waals surface area (Å²) >= 11 is 1.57. The van der Waals surface area contributed by atoms with Gasteiger partial charge >= 0.3 is 0 Å². The van der Waals surface area contributed by atoms with E-state index in [0.29, 0.717) is 16.9 Å². The topological polar surface area (TPSA) is 54.7 Å². The van der Waals surface area contributed by atoms with Gasteiger partial charge in [0.25, 0.3) is 0 Å². The normalized spacial score (nSPS) is 10.7. The Hall–Kier alpha value is -2.14. The lowest BCUT2D eigenvalue weighted by molar-refractivity contribution is 0.631. The maximum Gasteiger partial charge on any atom is 0.153 e. The van der Waals surface area contributed by atoms with Crippen LogP contribution in [-0.4, -0.2) is 10.2 Å². The number of nitrogens with one attached hydrogen (secondary N) is 1. The highest BCUT2D eigenvalue weighted by molar-refractivity contribution is 7.08. The summed E-state index contributed by atoms with van der Waals surface area (Å²) in [5.41, 5.74) is 8.63. The number of benzene rings is 1. The Kier molecular flexibility index (Phi) is 2.60. The zero-order valence-electron chi connectivity index (χ0n) is 9.35. The van der Waals surface area contributed by atoms with Crippen molar-refractivity contribution in [3.63, 3.8) is 0 Å². The standard InChI is InChI=1S/C13H10FN3S/c14-10-4-2-1-3-9(10)11-12(16-17-13(11)15)8-5-6-18-7-8/h1-7H,(H3,15,16,17). The zero-order valence-corrected chi connectivity index (χ0v) is 10.2. The predicted molar refractivity (Wildman–Crippen MR) is 71.7 cm³/mol. The van der Waals surface area contributed by atoms with Crippen molar-refractivity contribution in [3.8, 4) is 22.4 Å². The van der Waals surface area contributed by atoms with Gasteiger partial charge in [0, 0.05) is 16.5 Å². The molecule has 18 heavy (non-hydrogen) atoms. The van der Waals surface area contributed by atoms with Crippen LogP contribution in [0.4, 0.5) is 10.2 Å². The SMILES string of the molecule is Nc1n[nH]c(-c2ccsc2)c1-c1ccccc1F. The van der Waals surface area contributed by atoms with E-state index in [4.69, 9.17) is 5.73 Å². The molecule has 0 aliphatic rings. The maximum absolute atomic E-state index is 13.9. The largest absolute Gasteiger partial charge is 0.382 e. The summed E-state index contributed by atoms with van der Waals surface area (Å²) in [7, 11) is 0. The van der Waals surface area contributed by atoms with Crippen LogP contribution in [0.25, 0.3) is 22.4 Å². The molecule has 0 fully saturated rings. The molecule has 0 amide bonds. The van der Waals surface area contributed by atoms with Gasteiger partial charge in [-0.05, 0) is 17.5 Å². The molecule has 5 heteroatoms. The van der Waals surface area contributed by atoms with Crippen LogP contribution in [0.2, 0.25) is 0 Å². The number of hydrogen-bond acceptors (Lipinski definition) is 3. The third-order valence-corrected chi connectivity index (χ3v) is 3.43. The van der Waals surface area contributed by atoms with E-state index < -0.39 is 0 Å². The molecule has 0 saturated heterocycles. The Bertz CT molecular complexity index is 673. The summed E-state index contributed by atoms with van der Waals surface area (Å²) in [5, 5.41) is 10.8. The highest BCUT2D eigenvalue weighted by Crippen LogP contribution is 2.36. The van der Waals surface area contributed by atoms with Crippen molar-refractivity contribution in [1.29, 1.82) is 0 Å². The van der Waals surface area contributed by atoms with E-state index in [2.05, 4.69) is 10.2 Å². The first-order valence-electron chi connectivity index (χ1n) is 5.38. The molecule has 2 heterocycles. The second-order valence-electron chi connectivity index (χ2n) is 3.85. The molecule has 2 aromatic heterocycles. The highest BCUT2D eigenvalue weighted by atomic mass is 32.1. The zero-order chi connectivity index (χ0) is 12.5. The summed E-state index contributed by atoms with van der Waals surface area (Å²) in [6, 6.07) is 8.50. The number of halogens is 1. The van der Waals surface area contributed by atoms with Crippen molar-refractivity contribution in [1.82, 2.24) is 10.2 Å². The van der Waals surface area contributed by atoms with Gasteiger partial charge in [-0.15, -0.1) is 0 Å². The number of rotatable bonds is 2. The van der Waals surface area contributed by atoms with Crippen LogP contribution in [0.15, 0.2) is 41.1 Å². The van der Waals surface area contributed by atoms with Crippen molar-refractivity contribution in [2.75, 3.05) is 5.73 Å². The predicted octanol–water partition coefficient (Wildman–Crippen LogP) is 3.53. The van der Waals surface area contributed by atoms with Crippen LogP contribution in [0, 0.1) is 5.82 Å². The van der Waals surface area contributed by atoms with Crippen molar-refractivity contribution < 1.29 is 4.39 Å². The second kappa shape index (κ2) is 4.27. The minimum Gasteiger partial charge on any atom is -0.382 e. The number of nitrogens with two attached hydrogens (primary N) is 1. The van der Waals surface area contributed by atoms with E-state index in [1.54, 1.807) is 29.5 Å².